The van der Waals surface area contributed by atoms with Crippen molar-refractivity contribution in [2.24, 2.45) is 0 Å². The highest BCUT2D eigenvalue weighted by Gasteiger charge is 2.19. The lowest BCUT2D eigenvalue weighted by Gasteiger charge is -2.20. The molecule has 0 aliphatic carbocycles. The Balaban J connectivity index is 1.94. The van der Waals surface area contributed by atoms with E-state index in [2.05, 4.69) is 153 Å². The molecule has 5 aromatic rings. The molecule has 5 rings (SSSR count). The van der Waals surface area contributed by atoms with E-state index in [9.17, 15) is 0 Å². The summed E-state index contributed by atoms with van der Waals surface area (Å²) in [6, 6.07) is 40.0. The van der Waals surface area contributed by atoms with Crippen molar-refractivity contribution in [3.05, 3.63) is 152 Å². The van der Waals surface area contributed by atoms with Crippen LogP contribution in [0.15, 0.2) is 109 Å². The lowest BCUT2D eigenvalue weighted by atomic mass is 9.84. The van der Waals surface area contributed by atoms with Crippen molar-refractivity contribution >= 4 is 44.5 Å². The second-order valence-electron chi connectivity index (χ2n) is 9.03. The van der Waals surface area contributed by atoms with E-state index in [0.29, 0.717) is 0 Å². The standard InChI is InChI=1S/C33H27I/c1-22-14-16-25(17-15-22)33(30-20-26-10-4-5-11-27(26)21-31(30)34)32(28-12-6-8-23(2)18-28)29-13-7-9-24(3)19-29/h4-21H,1-3H3. The summed E-state index contributed by atoms with van der Waals surface area (Å²) in [6.45, 7) is 6.49. The number of hydrogen-bond donors (Lipinski definition) is 0. The zero-order chi connectivity index (χ0) is 23.7. The first-order valence-corrected chi connectivity index (χ1v) is 12.7. The highest BCUT2D eigenvalue weighted by atomic mass is 127. The van der Waals surface area contributed by atoms with E-state index in [0.717, 1.165) is 0 Å². The molecule has 0 aliphatic heterocycles. The molecule has 0 spiro atoms. The fourth-order valence-electron chi connectivity index (χ4n) is 4.62. The molecule has 0 aromatic heterocycles. The van der Waals surface area contributed by atoms with Crippen LogP contribution in [0.2, 0.25) is 0 Å². The molecular formula is C33H27I. The largest absolute Gasteiger partial charge is 0.0616 e. The van der Waals surface area contributed by atoms with Gasteiger partial charge >= 0.3 is 0 Å². The Hall–Kier alpha value is -3.17. The SMILES string of the molecule is Cc1ccc(C(=C(c2cccc(C)c2)c2cccc(C)c2)c2cc3ccccc3cc2I)cc1. The topological polar surface area (TPSA) is 0 Å². The summed E-state index contributed by atoms with van der Waals surface area (Å²) < 4.78 is 1.25. The van der Waals surface area contributed by atoms with Crippen LogP contribution in [0, 0.1) is 24.3 Å². The van der Waals surface area contributed by atoms with Gasteiger partial charge in [-0.1, -0.05) is 114 Å². The molecule has 0 bridgehead atoms. The Bertz CT molecular complexity index is 1470. The van der Waals surface area contributed by atoms with E-state index in [1.165, 1.54) is 64.4 Å². The van der Waals surface area contributed by atoms with Gasteiger partial charge in [0.05, 0.1) is 0 Å². The lowest BCUT2D eigenvalue weighted by molar-refractivity contribution is 1.40. The number of fused-ring (bicyclic) bond motifs is 1. The van der Waals surface area contributed by atoms with Gasteiger partial charge in [0.15, 0.2) is 0 Å². The molecule has 0 N–H and O–H groups in total. The fraction of sp³-hybridized carbons (Fsp3) is 0.0909. The first kappa shape index (κ1) is 22.6. The zero-order valence-corrected chi connectivity index (χ0v) is 21.9. The van der Waals surface area contributed by atoms with E-state index in [1.807, 2.05) is 0 Å². The molecule has 5 aromatic carbocycles. The van der Waals surface area contributed by atoms with Gasteiger partial charge in [0.1, 0.15) is 0 Å². The van der Waals surface area contributed by atoms with Crippen LogP contribution < -0.4 is 0 Å². The van der Waals surface area contributed by atoms with Crippen molar-refractivity contribution in [1.29, 1.82) is 0 Å². The molecule has 0 heterocycles. The van der Waals surface area contributed by atoms with Crippen LogP contribution >= 0.6 is 22.6 Å². The molecule has 34 heavy (non-hydrogen) atoms. The minimum Gasteiger partial charge on any atom is -0.0616 e. The minimum atomic E-state index is 1.23. The fourth-order valence-corrected chi connectivity index (χ4v) is 5.38. The van der Waals surface area contributed by atoms with Crippen molar-refractivity contribution < 1.29 is 0 Å². The summed E-state index contributed by atoms with van der Waals surface area (Å²) in [4.78, 5) is 0. The average molecular weight is 550 g/mol. The van der Waals surface area contributed by atoms with Gasteiger partial charge in [0.25, 0.3) is 0 Å². The summed E-state index contributed by atoms with van der Waals surface area (Å²) >= 11 is 2.51. The summed E-state index contributed by atoms with van der Waals surface area (Å²) in [7, 11) is 0. The second-order valence-corrected chi connectivity index (χ2v) is 10.2. The quantitative estimate of drug-likeness (QED) is 0.155. The van der Waals surface area contributed by atoms with Crippen LogP contribution in [0.1, 0.15) is 38.9 Å². The zero-order valence-electron chi connectivity index (χ0n) is 19.8. The monoisotopic (exact) mass is 550 g/mol. The molecule has 0 saturated heterocycles. The van der Waals surface area contributed by atoms with Crippen LogP contribution in [-0.4, -0.2) is 0 Å². The van der Waals surface area contributed by atoms with E-state index < -0.39 is 0 Å². The first-order valence-electron chi connectivity index (χ1n) is 11.6. The van der Waals surface area contributed by atoms with E-state index >= 15 is 0 Å². The number of aryl methyl sites for hydroxylation is 3. The molecule has 0 atom stereocenters. The highest BCUT2D eigenvalue weighted by molar-refractivity contribution is 14.1. The molecule has 0 saturated carbocycles. The second kappa shape index (κ2) is 9.60. The van der Waals surface area contributed by atoms with Crippen molar-refractivity contribution in [1.82, 2.24) is 0 Å². The molecule has 0 amide bonds. The molecule has 0 fully saturated rings. The van der Waals surface area contributed by atoms with Crippen LogP contribution in [-0.2, 0) is 0 Å². The Labute approximate surface area is 216 Å². The smallest absolute Gasteiger partial charge is 0.0215 e. The summed E-state index contributed by atoms with van der Waals surface area (Å²) in [6.07, 6.45) is 0. The van der Waals surface area contributed by atoms with Crippen molar-refractivity contribution in [3.8, 4) is 0 Å². The molecule has 166 valence electrons. The van der Waals surface area contributed by atoms with Gasteiger partial charge in [0.2, 0.25) is 0 Å². The number of rotatable bonds is 4. The normalized spacial score (nSPS) is 10.9. The third-order valence-corrected chi connectivity index (χ3v) is 7.20. The van der Waals surface area contributed by atoms with Crippen LogP contribution in [0.25, 0.3) is 21.9 Å². The number of halogens is 1. The predicted octanol–water partition coefficient (Wildman–Crippen LogP) is 9.38. The van der Waals surface area contributed by atoms with Gasteiger partial charge < -0.3 is 0 Å². The first-order chi connectivity index (χ1) is 16.5. The molecule has 0 aliphatic rings. The molecule has 0 nitrogen and oxygen atoms in total. The van der Waals surface area contributed by atoms with Gasteiger partial charge in [-0.2, -0.15) is 0 Å². The van der Waals surface area contributed by atoms with Crippen LogP contribution in [0.3, 0.4) is 0 Å². The van der Waals surface area contributed by atoms with Gasteiger partial charge in [-0.3, -0.25) is 0 Å². The van der Waals surface area contributed by atoms with Gasteiger partial charge in [-0.05, 0) is 99.7 Å². The highest BCUT2D eigenvalue weighted by Crippen LogP contribution is 2.40. The van der Waals surface area contributed by atoms with Gasteiger partial charge in [-0.25, -0.2) is 0 Å². The molecular weight excluding hydrogens is 523 g/mol. The lowest BCUT2D eigenvalue weighted by Crippen LogP contribution is -2.00. The van der Waals surface area contributed by atoms with Crippen LogP contribution in [0.4, 0.5) is 0 Å². The van der Waals surface area contributed by atoms with E-state index in [1.54, 1.807) is 0 Å². The third-order valence-electron chi connectivity index (χ3n) is 6.31. The molecule has 1 heteroatoms. The van der Waals surface area contributed by atoms with E-state index in [4.69, 9.17) is 0 Å². The maximum absolute atomic E-state index is 2.51. The maximum atomic E-state index is 2.51. The maximum Gasteiger partial charge on any atom is 0.0215 e. The van der Waals surface area contributed by atoms with Crippen molar-refractivity contribution in [2.75, 3.05) is 0 Å². The van der Waals surface area contributed by atoms with Crippen LogP contribution in [0.5, 0.6) is 0 Å². The van der Waals surface area contributed by atoms with E-state index in [-0.39, 0.29) is 0 Å². The number of hydrogen-bond acceptors (Lipinski definition) is 0. The van der Waals surface area contributed by atoms with Crippen molar-refractivity contribution in [2.45, 2.75) is 20.8 Å². The van der Waals surface area contributed by atoms with Gasteiger partial charge in [-0.15, -0.1) is 0 Å². The van der Waals surface area contributed by atoms with Gasteiger partial charge in [0, 0.05) is 3.57 Å². The summed E-state index contributed by atoms with van der Waals surface area (Å²) in [5.74, 6) is 0. The minimum absolute atomic E-state index is 1.23. The van der Waals surface area contributed by atoms with Crippen molar-refractivity contribution in [3.63, 3.8) is 0 Å². The Morgan fingerprint density at radius 1 is 0.471 bits per heavy atom. The Morgan fingerprint density at radius 2 is 1.03 bits per heavy atom. The molecule has 0 unspecified atom stereocenters. The Kier molecular flexibility index (Phi) is 6.38. The molecule has 0 radical (unpaired) electrons. The average Bonchev–Trinajstić information content (AvgIpc) is 2.83. The third kappa shape index (κ3) is 4.58. The predicted molar refractivity (Wildman–Crippen MR) is 155 cm³/mol. The summed E-state index contributed by atoms with van der Waals surface area (Å²) in [5, 5.41) is 2.53. The Morgan fingerprint density at radius 3 is 1.59 bits per heavy atom. The summed E-state index contributed by atoms with van der Waals surface area (Å²) in [5.41, 5.74) is 11.3. The number of benzene rings is 5.